The van der Waals surface area contributed by atoms with Gasteiger partial charge in [0.1, 0.15) is 0 Å². The van der Waals surface area contributed by atoms with Gasteiger partial charge in [-0.25, -0.2) is 0 Å². The monoisotopic (exact) mass is 289 g/mol. The van der Waals surface area contributed by atoms with Gasteiger partial charge in [0.2, 0.25) is 0 Å². The van der Waals surface area contributed by atoms with E-state index in [2.05, 4.69) is 13.8 Å². The van der Waals surface area contributed by atoms with Crippen LogP contribution < -0.4 is 17.3 Å². The summed E-state index contributed by atoms with van der Waals surface area (Å²) >= 11 is 0. The minimum absolute atomic E-state index is 0. The van der Waals surface area contributed by atoms with E-state index in [-0.39, 0.29) is 12.4 Å². The molecule has 2 unspecified atom stereocenters. The quantitative estimate of drug-likeness (QED) is 0.538. The molecule has 116 valence electrons. The van der Waals surface area contributed by atoms with Crippen LogP contribution in [0.2, 0.25) is 0 Å². The first-order valence-corrected chi connectivity index (χ1v) is 8.70. The summed E-state index contributed by atoms with van der Waals surface area (Å²) < 4.78 is 0. The third-order valence-corrected chi connectivity index (χ3v) is 4.58. The molecule has 19 heavy (non-hydrogen) atoms. The van der Waals surface area contributed by atoms with Crippen LogP contribution in [-0.2, 0) is 0 Å². The van der Waals surface area contributed by atoms with Crippen LogP contribution in [0.5, 0.6) is 0 Å². The SMILES string of the molecule is CCCCCCCCC[NH+]1CCC(CCCC)C1.[Cl-]. The first-order chi connectivity index (χ1) is 8.86. The van der Waals surface area contributed by atoms with Crippen molar-refractivity contribution in [2.24, 2.45) is 5.92 Å². The van der Waals surface area contributed by atoms with Crippen LogP contribution in [0.15, 0.2) is 0 Å². The van der Waals surface area contributed by atoms with E-state index in [1.54, 1.807) is 0 Å². The zero-order chi connectivity index (χ0) is 13.1. The molecule has 1 rings (SSSR count). The molecule has 1 saturated heterocycles. The molecule has 0 spiro atoms. The fourth-order valence-electron chi connectivity index (χ4n) is 3.32. The minimum atomic E-state index is 0. The van der Waals surface area contributed by atoms with Crippen molar-refractivity contribution in [2.45, 2.75) is 84.5 Å². The number of rotatable bonds is 11. The second-order valence-electron chi connectivity index (χ2n) is 6.37. The summed E-state index contributed by atoms with van der Waals surface area (Å²) in [7, 11) is 0. The molecule has 0 aromatic rings. The standard InChI is InChI=1S/C17H35N.ClH/c1-3-5-7-8-9-10-11-14-18-15-13-17(16-18)12-6-4-2;/h17H,3-16H2,1-2H3;1H. The Morgan fingerprint density at radius 3 is 2.16 bits per heavy atom. The van der Waals surface area contributed by atoms with E-state index < -0.39 is 0 Å². The van der Waals surface area contributed by atoms with Crippen LogP contribution in [0.3, 0.4) is 0 Å². The van der Waals surface area contributed by atoms with Gasteiger partial charge in [-0.3, -0.25) is 0 Å². The van der Waals surface area contributed by atoms with Crippen molar-refractivity contribution < 1.29 is 17.3 Å². The Hall–Kier alpha value is 0.250. The highest BCUT2D eigenvalue weighted by molar-refractivity contribution is 4.62. The van der Waals surface area contributed by atoms with E-state index in [0.717, 1.165) is 5.92 Å². The molecule has 0 amide bonds. The Morgan fingerprint density at radius 1 is 0.842 bits per heavy atom. The summed E-state index contributed by atoms with van der Waals surface area (Å²) in [6.45, 7) is 9.01. The van der Waals surface area contributed by atoms with E-state index in [4.69, 9.17) is 0 Å². The van der Waals surface area contributed by atoms with Crippen molar-refractivity contribution in [3.05, 3.63) is 0 Å². The van der Waals surface area contributed by atoms with Gasteiger partial charge in [-0.1, -0.05) is 58.8 Å². The lowest BCUT2D eigenvalue weighted by atomic mass is 10.0. The van der Waals surface area contributed by atoms with Gasteiger partial charge in [-0.2, -0.15) is 0 Å². The number of hydrogen-bond donors (Lipinski definition) is 1. The van der Waals surface area contributed by atoms with E-state index in [9.17, 15) is 0 Å². The third-order valence-electron chi connectivity index (χ3n) is 4.58. The van der Waals surface area contributed by atoms with Crippen molar-refractivity contribution in [1.82, 2.24) is 0 Å². The molecule has 0 saturated carbocycles. The highest BCUT2D eigenvalue weighted by atomic mass is 35.5. The highest BCUT2D eigenvalue weighted by Gasteiger charge is 2.24. The van der Waals surface area contributed by atoms with Crippen molar-refractivity contribution in [1.29, 1.82) is 0 Å². The molecular formula is C17H36ClN. The Balaban J connectivity index is 0.00000324. The Bertz CT molecular complexity index is 184. The van der Waals surface area contributed by atoms with Gasteiger partial charge in [-0.05, 0) is 19.3 Å². The zero-order valence-electron chi connectivity index (χ0n) is 13.4. The Kier molecular flexibility index (Phi) is 13.4. The van der Waals surface area contributed by atoms with Crippen molar-refractivity contribution in [2.75, 3.05) is 19.6 Å². The second kappa shape index (κ2) is 13.2. The zero-order valence-corrected chi connectivity index (χ0v) is 14.1. The summed E-state index contributed by atoms with van der Waals surface area (Å²) in [5, 5.41) is 0. The number of nitrogens with one attached hydrogen (secondary N) is 1. The van der Waals surface area contributed by atoms with Crippen LogP contribution in [-0.4, -0.2) is 19.6 Å². The predicted molar refractivity (Wildman–Crippen MR) is 81.2 cm³/mol. The molecular weight excluding hydrogens is 254 g/mol. The van der Waals surface area contributed by atoms with Gasteiger partial charge in [0.15, 0.2) is 0 Å². The predicted octanol–water partition coefficient (Wildman–Crippen LogP) is 0.836. The molecule has 0 aliphatic carbocycles. The minimum Gasteiger partial charge on any atom is -1.00 e. The molecule has 1 N–H and O–H groups in total. The maximum atomic E-state index is 2.32. The van der Waals surface area contributed by atoms with Gasteiger partial charge >= 0.3 is 0 Å². The van der Waals surface area contributed by atoms with Crippen LogP contribution in [0, 0.1) is 5.92 Å². The topological polar surface area (TPSA) is 4.44 Å². The first kappa shape index (κ1) is 19.2. The molecule has 1 aliphatic heterocycles. The Labute approximate surface area is 127 Å². The summed E-state index contributed by atoms with van der Waals surface area (Å²) in [5.41, 5.74) is 0. The molecule has 0 bridgehead atoms. The largest absolute Gasteiger partial charge is 1.00 e. The van der Waals surface area contributed by atoms with Gasteiger partial charge < -0.3 is 17.3 Å². The molecule has 1 fully saturated rings. The summed E-state index contributed by atoms with van der Waals surface area (Å²) in [5.74, 6) is 1.06. The fourth-order valence-corrected chi connectivity index (χ4v) is 3.32. The van der Waals surface area contributed by atoms with Crippen molar-refractivity contribution in [3.63, 3.8) is 0 Å². The summed E-state index contributed by atoms with van der Waals surface area (Å²) in [4.78, 5) is 1.91. The lowest BCUT2D eigenvalue weighted by Gasteiger charge is -2.13. The molecule has 0 radical (unpaired) electrons. The lowest BCUT2D eigenvalue weighted by molar-refractivity contribution is -0.889. The van der Waals surface area contributed by atoms with Crippen molar-refractivity contribution in [3.8, 4) is 0 Å². The van der Waals surface area contributed by atoms with Gasteiger partial charge in [0.25, 0.3) is 0 Å². The average Bonchev–Trinajstić information content (AvgIpc) is 2.83. The number of halogens is 1. The van der Waals surface area contributed by atoms with Crippen LogP contribution in [0.25, 0.3) is 0 Å². The summed E-state index contributed by atoms with van der Waals surface area (Å²) in [6, 6.07) is 0. The maximum absolute atomic E-state index is 2.32. The summed E-state index contributed by atoms with van der Waals surface area (Å²) in [6.07, 6.45) is 16.0. The second-order valence-corrected chi connectivity index (χ2v) is 6.37. The highest BCUT2D eigenvalue weighted by Crippen LogP contribution is 2.13. The van der Waals surface area contributed by atoms with E-state index in [1.165, 1.54) is 90.3 Å². The normalized spacial score (nSPS) is 22.4. The van der Waals surface area contributed by atoms with Gasteiger partial charge in [0.05, 0.1) is 19.6 Å². The number of hydrogen-bond acceptors (Lipinski definition) is 0. The number of unbranched alkanes of at least 4 members (excludes halogenated alkanes) is 7. The smallest absolute Gasteiger partial charge is 0.0801 e. The maximum Gasteiger partial charge on any atom is 0.0801 e. The molecule has 1 aliphatic rings. The van der Waals surface area contributed by atoms with Crippen LogP contribution in [0.1, 0.15) is 84.5 Å². The fraction of sp³-hybridized carbons (Fsp3) is 1.00. The number of quaternary nitrogens is 1. The van der Waals surface area contributed by atoms with E-state index in [0.29, 0.717) is 0 Å². The molecule has 2 atom stereocenters. The molecule has 0 aromatic carbocycles. The van der Waals surface area contributed by atoms with Crippen LogP contribution in [0.4, 0.5) is 0 Å². The van der Waals surface area contributed by atoms with Crippen molar-refractivity contribution >= 4 is 0 Å². The third kappa shape index (κ3) is 9.73. The van der Waals surface area contributed by atoms with E-state index >= 15 is 0 Å². The first-order valence-electron chi connectivity index (χ1n) is 8.70. The van der Waals surface area contributed by atoms with Gasteiger partial charge in [0, 0.05) is 12.3 Å². The molecule has 1 nitrogen and oxygen atoms in total. The average molecular weight is 290 g/mol. The van der Waals surface area contributed by atoms with Crippen LogP contribution >= 0.6 is 0 Å². The number of likely N-dealkylation sites (tertiary alicyclic amines) is 1. The Morgan fingerprint density at radius 2 is 1.47 bits per heavy atom. The van der Waals surface area contributed by atoms with E-state index in [1.807, 2.05) is 4.90 Å². The molecule has 0 aromatic heterocycles. The lowest BCUT2D eigenvalue weighted by Crippen LogP contribution is -3.10. The molecule has 2 heteroatoms. The molecule has 1 heterocycles. The van der Waals surface area contributed by atoms with Gasteiger partial charge in [-0.15, -0.1) is 0 Å².